The number of ether oxygens (including phenoxy) is 1. The molecule has 1 unspecified atom stereocenters. The highest BCUT2D eigenvalue weighted by atomic mass is 16.5. The topological polar surface area (TPSA) is 71.8 Å². The van der Waals surface area contributed by atoms with Crippen LogP contribution in [0.25, 0.3) is 5.65 Å². The maximum Gasteiger partial charge on any atom is 0.261 e. The Balaban J connectivity index is 1.54. The third-order valence-corrected chi connectivity index (χ3v) is 5.82. The van der Waals surface area contributed by atoms with Gasteiger partial charge < -0.3 is 15.0 Å². The fourth-order valence-corrected chi connectivity index (χ4v) is 4.45. The number of hydrogen-bond acceptors (Lipinski definition) is 5. The van der Waals surface area contributed by atoms with Gasteiger partial charge >= 0.3 is 0 Å². The first kappa shape index (κ1) is 18.0. The van der Waals surface area contributed by atoms with E-state index < -0.39 is 0 Å². The van der Waals surface area contributed by atoms with Crippen molar-refractivity contribution >= 4 is 22.9 Å². The van der Waals surface area contributed by atoms with Gasteiger partial charge in [-0.2, -0.15) is 5.10 Å². The summed E-state index contributed by atoms with van der Waals surface area (Å²) in [6.45, 7) is 7.39. The minimum Gasteiger partial charge on any atom is -0.487 e. The lowest BCUT2D eigenvalue weighted by molar-refractivity contribution is 0.102. The minimum absolute atomic E-state index is 0.204. The Morgan fingerprint density at radius 1 is 1.34 bits per heavy atom. The highest BCUT2D eigenvalue weighted by molar-refractivity contribution is 6.09. The smallest absolute Gasteiger partial charge is 0.261 e. The van der Waals surface area contributed by atoms with Crippen molar-refractivity contribution in [3.8, 4) is 5.75 Å². The van der Waals surface area contributed by atoms with Crippen LogP contribution in [-0.2, 0) is 6.42 Å². The zero-order chi connectivity index (χ0) is 20.2. The summed E-state index contributed by atoms with van der Waals surface area (Å²) in [7, 11) is 0. The average Bonchev–Trinajstić information content (AvgIpc) is 3.36. The van der Waals surface area contributed by atoms with Gasteiger partial charge in [0.15, 0.2) is 5.65 Å². The molecule has 2 aliphatic rings. The third-order valence-electron chi connectivity index (χ3n) is 5.82. The highest BCUT2D eigenvalue weighted by Gasteiger charge is 2.33. The van der Waals surface area contributed by atoms with Gasteiger partial charge in [0.2, 0.25) is 0 Å². The molecule has 5 rings (SSSR count). The molecular weight excluding hydrogens is 366 g/mol. The van der Waals surface area contributed by atoms with Gasteiger partial charge in [0.25, 0.3) is 5.91 Å². The molecule has 0 radical (unpaired) electrons. The van der Waals surface area contributed by atoms with Gasteiger partial charge in [-0.3, -0.25) is 4.79 Å². The summed E-state index contributed by atoms with van der Waals surface area (Å²) in [5.41, 5.74) is 3.74. The summed E-state index contributed by atoms with van der Waals surface area (Å²) in [4.78, 5) is 19.8. The van der Waals surface area contributed by atoms with Gasteiger partial charge in [-0.25, -0.2) is 9.50 Å². The number of hydrogen-bond donors (Lipinski definition) is 1. The molecule has 1 saturated heterocycles. The summed E-state index contributed by atoms with van der Waals surface area (Å²) in [5.74, 6) is 0.713. The lowest BCUT2D eigenvalue weighted by atomic mass is 10.0. The van der Waals surface area contributed by atoms with Crippen molar-refractivity contribution in [3.05, 3.63) is 47.9 Å². The van der Waals surface area contributed by atoms with E-state index in [1.165, 1.54) is 0 Å². The number of rotatable bonds is 3. The van der Waals surface area contributed by atoms with Gasteiger partial charge in [-0.15, -0.1) is 0 Å². The van der Waals surface area contributed by atoms with Crippen LogP contribution in [-0.4, -0.2) is 38.7 Å². The quantitative estimate of drug-likeness (QED) is 0.737. The van der Waals surface area contributed by atoms with Crippen LogP contribution in [0.15, 0.2) is 36.8 Å². The van der Waals surface area contributed by atoms with Gasteiger partial charge in [-0.05, 0) is 45.7 Å². The van der Waals surface area contributed by atoms with Crippen LogP contribution in [0.2, 0.25) is 0 Å². The summed E-state index contributed by atoms with van der Waals surface area (Å²) < 4.78 is 7.77. The zero-order valence-corrected chi connectivity index (χ0v) is 17.0. The number of aromatic nitrogens is 3. The predicted octanol–water partition coefficient (Wildman–Crippen LogP) is 3.68. The van der Waals surface area contributed by atoms with Gasteiger partial charge in [0.1, 0.15) is 16.9 Å². The fourth-order valence-electron chi connectivity index (χ4n) is 4.45. The van der Waals surface area contributed by atoms with Crippen molar-refractivity contribution in [2.75, 3.05) is 16.8 Å². The molecule has 0 saturated carbocycles. The van der Waals surface area contributed by atoms with Crippen LogP contribution >= 0.6 is 0 Å². The second kappa shape index (κ2) is 6.47. The van der Waals surface area contributed by atoms with E-state index in [2.05, 4.69) is 53.2 Å². The van der Waals surface area contributed by atoms with E-state index in [0.29, 0.717) is 17.3 Å². The number of anilines is 2. The summed E-state index contributed by atoms with van der Waals surface area (Å²) in [5, 5.41) is 7.36. The van der Waals surface area contributed by atoms with Crippen molar-refractivity contribution in [3.63, 3.8) is 0 Å². The van der Waals surface area contributed by atoms with E-state index in [1.54, 1.807) is 29.2 Å². The third kappa shape index (κ3) is 3.10. The number of carbonyl (C=O) groups is 1. The highest BCUT2D eigenvalue weighted by Crippen LogP contribution is 2.43. The Labute approximate surface area is 169 Å². The molecule has 2 aromatic heterocycles. The Bertz CT molecular complexity index is 1100. The molecule has 1 fully saturated rings. The summed E-state index contributed by atoms with van der Waals surface area (Å²) >= 11 is 0. The normalized spacial score (nSPS) is 20.0. The van der Waals surface area contributed by atoms with Crippen LogP contribution in [0, 0.1) is 0 Å². The minimum atomic E-state index is -0.231. The maximum atomic E-state index is 13.1. The molecule has 1 aromatic carbocycles. The largest absolute Gasteiger partial charge is 0.487 e. The van der Waals surface area contributed by atoms with Crippen LogP contribution in [0.1, 0.15) is 49.5 Å². The number of nitrogens with one attached hydrogen (secondary N) is 1. The molecule has 0 spiro atoms. The fraction of sp³-hybridized carbons (Fsp3) is 0.409. The lowest BCUT2D eigenvalue weighted by Crippen LogP contribution is -2.28. The number of fused-ring (bicyclic) bond motifs is 2. The molecule has 3 aromatic rings. The van der Waals surface area contributed by atoms with Crippen molar-refractivity contribution in [2.24, 2.45) is 0 Å². The Kier molecular flexibility index (Phi) is 4.01. The van der Waals surface area contributed by atoms with E-state index in [4.69, 9.17) is 4.74 Å². The SMILES string of the molecule is CC1CCCN1c1cc2c(cc1NC(=O)c1cnn3cccnc13)CC(C)(C)O2. The number of amides is 1. The first-order valence-electron chi connectivity index (χ1n) is 10.1. The van der Waals surface area contributed by atoms with E-state index in [9.17, 15) is 4.79 Å². The van der Waals surface area contributed by atoms with Gasteiger partial charge in [0.05, 0.1) is 17.6 Å². The first-order valence-corrected chi connectivity index (χ1v) is 10.1. The van der Waals surface area contributed by atoms with Crippen molar-refractivity contribution in [1.29, 1.82) is 0 Å². The number of nitrogens with zero attached hydrogens (tertiary/aromatic N) is 4. The lowest BCUT2D eigenvalue weighted by Gasteiger charge is -2.27. The van der Waals surface area contributed by atoms with E-state index >= 15 is 0 Å². The second-order valence-corrected chi connectivity index (χ2v) is 8.60. The zero-order valence-electron chi connectivity index (χ0n) is 17.0. The molecule has 1 amide bonds. The average molecular weight is 391 g/mol. The molecule has 0 aliphatic carbocycles. The summed E-state index contributed by atoms with van der Waals surface area (Å²) in [6.07, 6.45) is 8.13. The van der Waals surface area contributed by atoms with E-state index in [-0.39, 0.29) is 11.5 Å². The molecular formula is C22H25N5O2. The molecule has 7 nitrogen and oxygen atoms in total. The van der Waals surface area contributed by atoms with Crippen LogP contribution in [0.3, 0.4) is 0 Å². The molecule has 7 heteroatoms. The van der Waals surface area contributed by atoms with Crippen molar-refractivity contribution in [1.82, 2.24) is 14.6 Å². The molecule has 1 N–H and O–H groups in total. The van der Waals surface area contributed by atoms with E-state index in [0.717, 1.165) is 48.5 Å². The Morgan fingerprint density at radius 3 is 3.00 bits per heavy atom. The molecule has 4 heterocycles. The molecule has 29 heavy (non-hydrogen) atoms. The van der Waals surface area contributed by atoms with Crippen LogP contribution in [0.4, 0.5) is 11.4 Å². The standard InChI is InChI=1S/C22H25N5O2/c1-14-6-4-8-26(14)18-11-19-15(12-22(2,3)29-19)10-17(18)25-21(28)16-13-24-27-9-5-7-23-20(16)27/h5,7,9-11,13-14H,4,6,8,12H2,1-3H3,(H,25,28). The number of carbonyl (C=O) groups excluding carboxylic acids is 1. The predicted molar refractivity (Wildman–Crippen MR) is 112 cm³/mol. The van der Waals surface area contributed by atoms with Gasteiger partial charge in [-0.1, -0.05) is 0 Å². The molecule has 2 aliphatic heterocycles. The monoisotopic (exact) mass is 391 g/mol. The molecule has 0 bridgehead atoms. The number of benzene rings is 1. The second-order valence-electron chi connectivity index (χ2n) is 8.60. The Hall–Kier alpha value is -3.09. The van der Waals surface area contributed by atoms with Crippen molar-refractivity contribution in [2.45, 2.75) is 51.7 Å². The van der Waals surface area contributed by atoms with Crippen LogP contribution in [0.5, 0.6) is 5.75 Å². The molecule has 150 valence electrons. The summed E-state index contributed by atoms with van der Waals surface area (Å²) in [6, 6.07) is 6.38. The molecule has 1 atom stereocenters. The first-order chi connectivity index (χ1) is 13.9. The van der Waals surface area contributed by atoms with Crippen molar-refractivity contribution < 1.29 is 9.53 Å². The van der Waals surface area contributed by atoms with Gasteiger partial charge in [0, 0.05) is 43.0 Å². The Morgan fingerprint density at radius 2 is 2.21 bits per heavy atom. The maximum absolute atomic E-state index is 13.1. The van der Waals surface area contributed by atoms with E-state index in [1.807, 2.05) is 0 Å². The van der Waals surface area contributed by atoms with Crippen LogP contribution < -0.4 is 15.0 Å².